The van der Waals surface area contributed by atoms with Crippen molar-refractivity contribution in [3.8, 4) is 0 Å². The second kappa shape index (κ2) is 41.0. The first-order chi connectivity index (χ1) is 66.2. The van der Waals surface area contributed by atoms with Crippen molar-refractivity contribution < 1.29 is 89.8 Å². The van der Waals surface area contributed by atoms with Gasteiger partial charge in [0.2, 0.25) is 5.91 Å². The van der Waals surface area contributed by atoms with Crippen LogP contribution in [0.1, 0.15) is 225 Å². The number of piperidine rings is 5. The van der Waals surface area contributed by atoms with Crippen LogP contribution in [-0.4, -0.2) is 164 Å². The molecule has 20 rings (SSSR count). The third-order valence-electron chi connectivity index (χ3n) is 26.7. The van der Waals surface area contributed by atoms with Crippen molar-refractivity contribution in [2.45, 2.75) is 159 Å². The summed E-state index contributed by atoms with van der Waals surface area (Å²) in [4.78, 5) is 107. The van der Waals surface area contributed by atoms with Crippen LogP contribution in [-0.2, 0) is 42.1 Å². The van der Waals surface area contributed by atoms with Crippen molar-refractivity contribution in [3.63, 3.8) is 0 Å². The van der Waals surface area contributed by atoms with Crippen LogP contribution in [0, 0.1) is 27.7 Å². The van der Waals surface area contributed by atoms with Crippen LogP contribution in [0.15, 0.2) is 218 Å². The number of H-pyrrole nitrogens is 4. The Morgan fingerprint density at radius 1 is 0.281 bits per heavy atom. The topological polar surface area (TPSA) is 229 Å². The third-order valence-corrected chi connectivity index (χ3v) is 26.7. The summed E-state index contributed by atoms with van der Waals surface area (Å²) in [7, 11) is 0. The van der Waals surface area contributed by atoms with Crippen LogP contribution < -0.4 is 0 Å². The molecule has 5 fully saturated rings. The van der Waals surface area contributed by atoms with Gasteiger partial charge in [-0.15, -0.1) is 0 Å². The Labute approximate surface area is 789 Å². The number of carbonyl (C=O) groups is 5. The maximum atomic E-state index is 13.3. The highest BCUT2D eigenvalue weighted by Crippen LogP contribution is 2.46. The Morgan fingerprint density at radius 3 is 0.712 bits per heavy atom. The highest BCUT2D eigenvalue weighted by molar-refractivity contribution is 6.01. The van der Waals surface area contributed by atoms with Gasteiger partial charge in [0, 0.05) is 106 Å². The molecule has 0 bridgehead atoms. The number of nitrogens with one attached hydrogen (secondary N) is 4. The van der Waals surface area contributed by atoms with Gasteiger partial charge in [-0.1, -0.05) is 97.1 Å². The van der Waals surface area contributed by atoms with E-state index in [1.165, 1.54) is 30.3 Å². The lowest BCUT2D eigenvalue weighted by molar-refractivity contribution is -0.139. The maximum absolute atomic E-state index is 13.3. The molecular formula is C105H99F15N14O5. The van der Waals surface area contributed by atoms with E-state index in [2.05, 4.69) is 44.9 Å². The lowest BCUT2D eigenvalue weighted by Crippen LogP contribution is -2.39. The van der Waals surface area contributed by atoms with E-state index in [4.69, 9.17) is 0 Å². The molecule has 1 aliphatic carbocycles. The fraction of sp³-hybridized carbons (Fsp3) is 0.333. The van der Waals surface area contributed by atoms with Crippen molar-refractivity contribution in [1.82, 2.24) is 69.4 Å². The Balaban J connectivity index is 0.000000125. The number of pyridine rings is 5. The quantitative estimate of drug-likeness (QED) is 0.0947. The van der Waals surface area contributed by atoms with Crippen LogP contribution in [0.2, 0.25) is 0 Å². The summed E-state index contributed by atoms with van der Waals surface area (Å²) >= 11 is 0. The first kappa shape index (κ1) is 98.1. The van der Waals surface area contributed by atoms with Crippen molar-refractivity contribution in [2.24, 2.45) is 0 Å². The molecule has 5 amide bonds. The number of aryl methyl sites for hydroxylation is 4. The monoisotopic (exact) mass is 1920 g/mol. The number of amides is 5. The van der Waals surface area contributed by atoms with Gasteiger partial charge in [0.05, 0.1) is 77.6 Å². The minimum atomic E-state index is -4.36. The van der Waals surface area contributed by atoms with E-state index >= 15 is 0 Å². The zero-order valence-electron chi connectivity index (χ0n) is 76.2. The van der Waals surface area contributed by atoms with Gasteiger partial charge in [0.25, 0.3) is 23.6 Å². The fourth-order valence-electron chi connectivity index (χ4n) is 19.6. The van der Waals surface area contributed by atoms with Gasteiger partial charge in [-0.3, -0.25) is 48.9 Å². The number of rotatable bonds is 10. The minimum absolute atomic E-state index is 0.0319. The molecule has 19 nitrogen and oxygen atoms in total. The fourth-order valence-corrected chi connectivity index (χ4v) is 19.6. The van der Waals surface area contributed by atoms with Gasteiger partial charge in [0.1, 0.15) is 22.8 Å². The number of fused-ring (bicyclic) bond motifs is 5. The zero-order valence-corrected chi connectivity index (χ0v) is 76.2. The molecule has 4 N–H and O–H groups in total. The van der Waals surface area contributed by atoms with E-state index < -0.39 is 58.7 Å². The Hall–Kier alpha value is -14.0. The smallest absolute Gasteiger partial charge is 0.349 e. The van der Waals surface area contributed by atoms with E-state index in [1.807, 2.05) is 94.4 Å². The maximum Gasteiger partial charge on any atom is 0.416 e. The number of carbonyl (C=O) groups excluding carboxylic acids is 5. The Bertz CT molecular complexity index is 6190. The van der Waals surface area contributed by atoms with E-state index in [9.17, 15) is 89.8 Å². The predicted octanol–water partition coefficient (Wildman–Crippen LogP) is 24.1. The Morgan fingerprint density at radius 2 is 0.496 bits per heavy atom. The van der Waals surface area contributed by atoms with E-state index in [1.54, 1.807) is 116 Å². The van der Waals surface area contributed by atoms with Crippen LogP contribution in [0.4, 0.5) is 65.9 Å². The summed E-state index contributed by atoms with van der Waals surface area (Å²) in [5.74, 6) is -1.57. The molecule has 9 aromatic heterocycles. The number of benzene rings is 5. The molecule has 0 radical (unpaired) electrons. The SMILES string of the molecule is Cc1ccc2[nH]c(C(=O)N3CCC(c4ccccc4C(F)(F)F)CC3)cc2n1.Cc1ccc2[nH]c(C(=O)N3CCC(c4ccccc4C(F)(F)F)CC3)cc2n1.Cc1ccc2[nH]c(C(=O)N3CCC(c4ccccc4C(F)(F)F)CC3)cc2n1.Cc1ccc2[nH]c(C(=O)N3CCC(c4ccccc4C(F)(F)F)CC3)cc2n1.O=C(C1=Cc2ncccc2C1)N1CCC(c2ccccc2C(F)(F)F)CC1. The minimum Gasteiger partial charge on any atom is -0.349 e. The molecule has 5 saturated heterocycles. The largest absolute Gasteiger partial charge is 0.416 e. The van der Waals surface area contributed by atoms with Gasteiger partial charge >= 0.3 is 30.9 Å². The van der Waals surface area contributed by atoms with Crippen LogP contribution >= 0.6 is 0 Å². The molecule has 0 atom stereocenters. The molecule has 0 saturated carbocycles. The second-order valence-electron chi connectivity index (χ2n) is 35.9. The molecule has 0 unspecified atom stereocenters. The van der Waals surface area contributed by atoms with Gasteiger partial charge in [-0.25, -0.2) is 0 Å². The average Bonchev–Trinajstić information content (AvgIpc) is 1.79. The number of aromatic amines is 4. The number of hydrogen-bond donors (Lipinski definition) is 4. The number of likely N-dealkylation sites (tertiary alicyclic amines) is 5. The van der Waals surface area contributed by atoms with Gasteiger partial charge in [-0.05, 0) is 270 Å². The molecule has 724 valence electrons. The summed E-state index contributed by atoms with van der Waals surface area (Å²) in [5.41, 5.74) is 12.8. The molecule has 5 aliphatic heterocycles. The summed E-state index contributed by atoms with van der Waals surface area (Å²) in [6.45, 7) is 11.9. The highest BCUT2D eigenvalue weighted by atomic mass is 19.4. The zero-order chi connectivity index (χ0) is 98.6. The third kappa shape index (κ3) is 22.9. The molecule has 139 heavy (non-hydrogen) atoms. The van der Waals surface area contributed by atoms with Crippen molar-refractivity contribution in [3.05, 3.63) is 330 Å². The predicted molar refractivity (Wildman–Crippen MR) is 497 cm³/mol. The van der Waals surface area contributed by atoms with Gasteiger partial charge < -0.3 is 44.4 Å². The number of hydrogen-bond acceptors (Lipinski definition) is 10. The first-order valence-corrected chi connectivity index (χ1v) is 46.0. The molecule has 14 aromatic rings. The van der Waals surface area contributed by atoms with E-state index in [-0.39, 0.29) is 59.1 Å². The molecule has 5 aromatic carbocycles. The van der Waals surface area contributed by atoms with Crippen molar-refractivity contribution in [1.29, 1.82) is 0 Å². The molecule has 0 spiro atoms. The highest BCUT2D eigenvalue weighted by Gasteiger charge is 2.43. The molecular weight excluding hydrogens is 1820 g/mol. The molecule has 6 aliphatic rings. The van der Waals surface area contributed by atoms with Crippen LogP contribution in [0.5, 0.6) is 0 Å². The van der Waals surface area contributed by atoms with E-state index in [0.29, 0.717) is 192 Å². The second-order valence-corrected chi connectivity index (χ2v) is 35.9. The molecule has 34 heteroatoms. The number of nitrogens with zero attached hydrogens (tertiary/aromatic N) is 10. The van der Waals surface area contributed by atoms with Gasteiger partial charge in [0.15, 0.2) is 0 Å². The molecule has 14 heterocycles. The van der Waals surface area contributed by atoms with E-state index in [0.717, 1.165) is 108 Å². The van der Waals surface area contributed by atoms with Crippen molar-refractivity contribution in [2.75, 3.05) is 65.4 Å². The normalized spacial score (nSPS) is 16.3. The first-order valence-electron chi connectivity index (χ1n) is 46.0. The number of aromatic nitrogens is 9. The lowest BCUT2D eigenvalue weighted by Gasteiger charge is -2.33. The Kier molecular flexibility index (Phi) is 28.9. The lowest BCUT2D eigenvalue weighted by atomic mass is 9.86. The van der Waals surface area contributed by atoms with Gasteiger partial charge in [-0.2, -0.15) is 65.9 Å². The number of halogens is 15. The van der Waals surface area contributed by atoms with Crippen LogP contribution in [0.25, 0.3) is 50.2 Å². The van der Waals surface area contributed by atoms with Crippen LogP contribution in [0.3, 0.4) is 0 Å². The number of alkyl halides is 15. The summed E-state index contributed by atoms with van der Waals surface area (Å²) in [5, 5.41) is 0. The summed E-state index contributed by atoms with van der Waals surface area (Å²) in [6, 6.07) is 54.5. The summed E-state index contributed by atoms with van der Waals surface area (Å²) < 4.78 is 199. The standard InChI is InChI=1S/4C21H20F3N3O.C21H19F3N2O/c4*1-13-6-7-17-18(25-13)12-19(26-17)20(28)27-10-8-14(9-11-27)15-4-2-3-5-16(15)21(22,23)24;22-21(23,24)18-6-2-1-5-17(18)14-7-10-26(11-8-14)20(27)16-12-15-4-3-9-25-19(15)13-16/h4*2-7,12,14,26H,8-11H2,1H3;1-6,9,13-14H,7-8,10-12H2. The average molecular weight is 1920 g/mol. The van der Waals surface area contributed by atoms with Crippen molar-refractivity contribution >= 4 is 79.7 Å². The summed E-state index contributed by atoms with van der Waals surface area (Å²) in [6.07, 6.45) is -12.5.